The molecule has 0 bridgehead atoms. The number of benzene rings is 1. The zero-order chi connectivity index (χ0) is 11.4. The molecule has 2 N–H and O–H groups in total. The lowest BCUT2D eigenvalue weighted by Gasteiger charge is -2.15. The molecule has 1 aromatic carbocycles. The van der Waals surface area contributed by atoms with Crippen LogP contribution in [0.1, 0.15) is 50.3 Å². The molecule has 1 aromatic rings. The van der Waals surface area contributed by atoms with Crippen LogP contribution in [0.15, 0.2) is 24.3 Å². The minimum atomic E-state index is -0.781. The third-order valence-corrected chi connectivity index (χ3v) is 2.92. The first-order valence-electron chi connectivity index (χ1n) is 5.52. The first-order valence-corrected chi connectivity index (χ1v) is 5.52. The molecule has 0 saturated carbocycles. The third kappa shape index (κ3) is 3.05. The molecule has 2 heteroatoms. The topological polar surface area (TPSA) is 40.5 Å². The second-order valence-corrected chi connectivity index (χ2v) is 4.16. The normalized spacial score (nSPS) is 17.1. The van der Waals surface area contributed by atoms with Gasteiger partial charge in [0, 0.05) is 0 Å². The lowest BCUT2D eigenvalue weighted by Crippen LogP contribution is -2.13. The summed E-state index contributed by atoms with van der Waals surface area (Å²) >= 11 is 0. The highest BCUT2D eigenvalue weighted by Gasteiger charge is 2.13. The van der Waals surface area contributed by atoms with Gasteiger partial charge in [0.1, 0.15) is 6.10 Å². The highest BCUT2D eigenvalue weighted by atomic mass is 16.3. The summed E-state index contributed by atoms with van der Waals surface area (Å²) in [6.07, 6.45) is -0.395. The molecule has 0 fully saturated rings. The van der Waals surface area contributed by atoms with Crippen molar-refractivity contribution in [3.05, 3.63) is 35.4 Å². The van der Waals surface area contributed by atoms with Crippen LogP contribution in [0, 0.1) is 0 Å². The lowest BCUT2D eigenvalue weighted by molar-refractivity contribution is 0.0305. The molecular weight excluding hydrogens is 188 g/mol. The van der Waals surface area contributed by atoms with Crippen molar-refractivity contribution >= 4 is 0 Å². The molecular formula is C13H20O2. The van der Waals surface area contributed by atoms with Gasteiger partial charge in [0.25, 0.3) is 0 Å². The molecule has 1 rings (SSSR count). The first-order chi connectivity index (χ1) is 7.06. The Morgan fingerprint density at radius 1 is 1.00 bits per heavy atom. The van der Waals surface area contributed by atoms with Gasteiger partial charge >= 0.3 is 0 Å². The lowest BCUT2D eigenvalue weighted by atomic mass is 9.96. The summed E-state index contributed by atoms with van der Waals surface area (Å²) in [7, 11) is 0. The summed E-state index contributed by atoms with van der Waals surface area (Å²) in [5.74, 6) is 0.544. The number of aliphatic hydroxyl groups is 2. The Morgan fingerprint density at radius 3 is 1.87 bits per heavy atom. The van der Waals surface area contributed by atoms with E-state index in [0.29, 0.717) is 5.92 Å². The molecule has 0 aliphatic carbocycles. The van der Waals surface area contributed by atoms with Crippen molar-refractivity contribution in [2.24, 2.45) is 0 Å². The zero-order valence-electron chi connectivity index (χ0n) is 9.64. The molecule has 0 aromatic heterocycles. The molecule has 0 spiro atoms. The summed E-state index contributed by atoms with van der Waals surface area (Å²) in [5, 5.41) is 18.9. The highest BCUT2D eigenvalue weighted by Crippen LogP contribution is 2.22. The molecule has 0 aliphatic rings. The SMILES string of the molecule is CCC(C)c1ccc(C(O)C(C)O)cc1. The molecule has 15 heavy (non-hydrogen) atoms. The first kappa shape index (κ1) is 12.2. The van der Waals surface area contributed by atoms with E-state index < -0.39 is 12.2 Å². The number of rotatable bonds is 4. The molecule has 2 nitrogen and oxygen atoms in total. The Morgan fingerprint density at radius 2 is 1.47 bits per heavy atom. The molecule has 0 amide bonds. The van der Waals surface area contributed by atoms with Crippen LogP contribution in [0.3, 0.4) is 0 Å². The average molecular weight is 208 g/mol. The van der Waals surface area contributed by atoms with E-state index in [1.54, 1.807) is 6.92 Å². The van der Waals surface area contributed by atoms with Crippen molar-refractivity contribution in [2.75, 3.05) is 0 Å². The largest absolute Gasteiger partial charge is 0.390 e. The van der Waals surface area contributed by atoms with E-state index in [0.717, 1.165) is 12.0 Å². The van der Waals surface area contributed by atoms with Gasteiger partial charge in [0.05, 0.1) is 6.10 Å². The summed E-state index contributed by atoms with van der Waals surface area (Å²) in [6.45, 7) is 5.93. The fourth-order valence-electron chi connectivity index (χ4n) is 1.54. The fraction of sp³-hybridized carbons (Fsp3) is 0.538. The molecule has 3 unspecified atom stereocenters. The van der Waals surface area contributed by atoms with E-state index in [2.05, 4.69) is 13.8 Å². The number of hydrogen-bond donors (Lipinski definition) is 2. The van der Waals surface area contributed by atoms with Crippen LogP contribution in [0.4, 0.5) is 0 Å². The molecule has 0 heterocycles. The maximum Gasteiger partial charge on any atom is 0.105 e. The van der Waals surface area contributed by atoms with Gasteiger partial charge in [-0.25, -0.2) is 0 Å². The molecule has 3 atom stereocenters. The maximum atomic E-state index is 9.63. The van der Waals surface area contributed by atoms with Gasteiger partial charge in [-0.2, -0.15) is 0 Å². The average Bonchev–Trinajstić information content (AvgIpc) is 2.27. The Kier molecular flexibility index (Phi) is 4.30. The van der Waals surface area contributed by atoms with Gasteiger partial charge in [0.2, 0.25) is 0 Å². The molecule has 0 aliphatic heterocycles. The number of aliphatic hydroxyl groups excluding tert-OH is 2. The van der Waals surface area contributed by atoms with Crippen molar-refractivity contribution in [1.29, 1.82) is 0 Å². The summed E-state index contributed by atoms with van der Waals surface area (Å²) in [5.41, 5.74) is 2.05. The van der Waals surface area contributed by atoms with E-state index in [9.17, 15) is 10.2 Å². The van der Waals surface area contributed by atoms with Crippen molar-refractivity contribution < 1.29 is 10.2 Å². The summed E-state index contributed by atoms with van der Waals surface area (Å²) < 4.78 is 0. The Labute approximate surface area is 91.6 Å². The van der Waals surface area contributed by atoms with Crippen molar-refractivity contribution in [3.8, 4) is 0 Å². The van der Waals surface area contributed by atoms with Crippen LogP contribution in [-0.2, 0) is 0 Å². The van der Waals surface area contributed by atoms with Gasteiger partial charge < -0.3 is 10.2 Å². The van der Waals surface area contributed by atoms with Crippen LogP contribution in [0.5, 0.6) is 0 Å². The van der Waals surface area contributed by atoms with Crippen LogP contribution in [0.25, 0.3) is 0 Å². The van der Waals surface area contributed by atoms with Crippen molar-refractivity contribution in [1.82, 2.24) is 0 Å². The van der Waals surface area contributed by atoms with Gasteiger partial charge in [-0.1, -0.05) is 38.1 Å². The third-order valence-electron chi connectivity index (χ3n) is 2.92. The van der Waals surface area contributed by atoms with Crippen LogP contribution >= 0.6 is 0 Å². The fourth-order valence-corrected chi connectivity index (χ4v) is 1.54. The van der Waals surface area contributed by atoms with Gasteiger partial charge in [0.15, 0.2) is 0 Å². The Hall–Kier alpha value is -0.860. The van der Waals surface area contributed by atoms with Gasteiger partial charge in [-0.15, -0.1) is 0 Å². The quantitative estimate of drug-likeness (QED) is 0.798. The smallest absolute Gasteiger partial charge is 0.105 e. The standard InChI is InChI=1S/C13H20O2/c1-4-9(2)11-5-7-12(8-6-11)13(15)10(3)14/h5-10,13-15H,4H2,1-3H3. The minimum absolute atomic E-state index is 0.544. The van der Waals surface area contributed by atoms with Crippen LogP contribution < -0.4 is 0 Å². The Balaban J connectivity index is 2.80. The highest BCUT2D eigenvalue weighted by molar-refractivity contribution is 5.26. The van der Waals surface area contributed by atoms with E-state index in [4.69, 9.17) is 0 Å². The van der Waals surface area contributed by atoms with Crippen LogP contribution in [0.2, 0.25) is 0 Å². The minimum Gasteiger partial charge on any atom is -0.390 e. The maximum absolute atomic E-state index is 9.63. The van der Waals surface area contributed by atoms with Gasteiger partial charge in [-0.3, -0.25) is 0 Å². The summed E-state index contributed by atoms with van der Waals surface area (Å²) in [4.78, 5) is 0. The predicted octanol–water partition coefficient (Wildman–Crippen LogP) is 2.61. The van der Waals surface area contributed by atoms with E-state index in [-0.39, 0.29) is 0 Å². The molecule has 84 valence electrons. The molecule has 0 saturated heterocycles. The monoisotopic (exact) mass is 208 g/mol. The second kappa shape index (κ2) is 5.29. The summed E-state index contributed by atoms with van der Waals surface area (Å²) in [6, 6.07) is 7.82. The van der Waals surface area contributed by atoms with E-state index >= 15 is 0 Å². The van der Waals surface area contributed by atoms with Gasteiger partial charge in [-0.05, 0) is 30.4 Å². The number of hydrogen-bond acceptors (Lipinski definition) is 2. The Bertz CT molecular complexity index is 290. The van der Waals surface area contributed by atoms with Crippen molar-refractivity contribution in [3.63, 3.8) is 0 Å². The second-order valence-electron chi connectivity index (χ2n) is 4.16. The van der Waals surface area contributed by atoms with Crippen LogP contribution in [-0.4, -0.2) is 16.3 Å². The zero-order valence-corrected chi connectivity index (χ0v) is 9.64. The van der Waals surface area contributed by atoms with Crippen molar-refractivity contribution in [2.45, 2.75) is 45.3 Å². The molecule has 0 radical (unpaired) electrons. The predicted molar refractivity (Wildman–Crippen MR) is 61.8 cm³/mol. The van der Waals surface area contributed by atoms with E-state index in [1.807, 2.05) is 24.3 Å². The van der Waals surface area contributed by atoms with E-state index in [1.165, 1.54) is 5.56 Å².